The summed E-state index contributed by atoms with van der Waals surface area (Å²) in [5.41, 5.74) is 3.35. The van der Waals surface area contributed by atoms with Gasteiger partial charge < -0.3 is 18.8 Å². The van der Waals surface area contributed by atoms with Gasteiger partial charge in [-0.1, -0.05) is 0 Å². The van der Waals surface area contributed by atoms with Gasteiger partial charge in [-0.3, -0.25) is 0 Å². The van der Waals surface area contributed by atoms with Crippen LogP contribution in [-0.2, 0) is 9.47 Å². The minimum Gasteiger partial charge on any atom is -0.492 e. The Morgan fingerprint density at radius 1 is 1.26 bits per heavy atom. The summed E-state index contributed by atoms with van der Waals surface area (Å²) in [6, 6.07) is 8.30. The van der Waals surface area contributed by atoms with Gasteiger partial charge in [-0.15, -0.1) is 0 Å². The third-order valence-electron chi connectivity index (χ3n) is 6.52. The number of hydrogen-bond donors (Lipinski definition) is 0. The van der Waals surface area contributed by atoms with Gasteiger partial charge in [-0.25, -0.2) is 4.68 Å². The number of nitrogens with zero attached hydrogens (tertiary/aromatic N) is 4. The summed E-state index contributed by atoms with van der Waals surface area (Å²) in [5, 5.41) is 15.4. The Kier molecular flexibility index (Phi) is 5.20. The van der Waals surface area contributed by atoms with Gasteiger partial charge in [0.1, 0.15) is 11.8 Å². The van der Waals surface area contributed by atoms with E-state index in [1.807, 2.05) is 39.8 Å². The van der Waals surface area contributed by atoms with Gasteiger partial charge in [0.05, 0.1) is 29.8 Å². The molecule has 5 rings (SSSR count). The van der Waals surface area contributed by atoms with Crippen molar-refractivity contribution < 1.29 is 14.2 Å². The lowest BCUT2D eigenvalue weighted by molar-refractivity contribution is -0.0367. The largest absolute Gasteiger partial charge is 0.492 e. The van der Waals surface area contributed by atoms with Gasteiger partial charge in [0.15, 0.2) is 11.9 Å². The summed E-state index contributed by atoms with van der Waals surface area (Å²) in [4.78, 5) is 0. The lowest BCUT2D eigenvalue weighted by Gasteiger charge is -2.24. The summed E-state index contributed by atoms with van der Waals surface area (Å²) >= 11 is 0. The molecule has 1 atom stereocenters. The van der Waals surface area contributed by atoms with Gasteiger partial charge in [-0.2, -0.15) is 10.4 Å². The highest BCUT2D eigenvalue weighted by molar-refractivity contribution is 5.95. The Hall–Kier alpha value is -2.82. The van der Waals surface area contributed by atoms with Gasteiger partial charge in [0.25, 0.3) is 0 Å². The van der Waals surface area contributed by atoms with Crippen LogP contribution in [0, 0.1) is 23.7 Å². The summed E-state index contributed by atoms with van der Waals surface area (Å²) in [7, 11) is 1.74. The molecule has 31 heavy (non-hydrogen) atoms. The van der Waals surface area contributed by atoms with Crippen molar-refractivity contribution in [1.82, 2.24) is 14.3 Å². The maximum absolute atomic E-state index is 9.89. The molecule has 7 nitrogen and oxygen atoms in total. The van der Waals surface area contributed by atoms with Crippen molar-refractivity contribution in [2.24, 2.45) is 5.41 Å². The lowest BCUT2D eigenvalue weighted by Crippen LogP contribution is -2.20. The SMILES string of the molecule is COCC1(COc2cc3c(c(C#N)nn3C3CCCCO3)c(-n3cccc3)c2C)CC1. The molecule has 3 aromatic rings. The zero-order valence-corrected chi connectivity index (χ0v) is 18.1. The number of ether oxygens (including phenoxy) is 3. The highest BCUT2D eigenvalue weighted by Gasteiger charge is 2.43. The van der Waals surface area contributed by atoms with E-state index in [0.29, 0.717) is 25.5 Å². The average molecular weight is 421 g/mol. The molecule has 0 bridgehead atoms. The quantitative estimate of drug-likeness (QED) is 0.562. The first-order valence-electron chi connectivity index (χ1n) is 11.0. The normalized spacial score (nSPS) is 20.0. The van der Waals surface area contributed by atoms with Crippen LogP contribution in [0.3, 0.4) is 0 Å². The minimum atomic E-state index is -0.158. The van der Waals surface area contributed by atoms with Crippen molar-refractivity contribution in [3.63, 3.8) is 0 Å². The molecule has 1 aromatic carbocycles. The average Bonchev–Trinajstić information content (AvgIpc) is 3.20. The number of hydrogen-bond acceptors (Lipinski definition) is 5. The van der Waals surface area contributed by atoms with Crippen LogP contribution < -0.4 is 4.74 Å². The van der Waals surface area contributed by atoms with Crippen molar-refractivity contribution in [2.75, 3.05) is 26.9 Å². The number of benzene rings is 1. The number of methoxy groups -OCH3 is 1. The van der Waals surface area contributed by atoms with Crippen LogP contribution in [0.5, 0.6) is 5.75 Å². The van der Waals surface area contributed by atoms with Crippen molar-refractivity contribution in [3.8, 4) is 17.5 Å². The van der Waals surface area contributed by atoms with E-state index in [9.17, 15) is 5.26 Å². The Morgan fingerprint density at radius 2 is 2.06 bits per heavy atom. The van der Waals surface area contributed by atoms with Crippen LogP contribution in [0.25, 0.3) is 16.6 Å². The molecule has 0 N–H and O–H groups in total. The molecule has 1 aliphatic heterocycles. The molecule has 1 unspecified atom stereocenters. The van der Waals surface area contributed by atoms with Crippen LogP contribution >= 0.6 is 0 Å². The zero-order chi connectivity index (χ0) is 21.4. The lowest BCUT2D eigenvalue weighted by atomic mass is 10.1. The fourth-order valence-corrected chi connectivity index (χ4v) is 4.57. The fourth-order valence-electron chi connectivity index (χ4n) is 4.57. The molecule has 3 heterocycles. The third kappa shape index (κ3) is 3.60. The van der Waals surface area contributed by atoms with E-state index in [1.54, 1.807) is 7.11 Å². The predicted octanol–water partition coefficient (Wildman–Crippen LogP) is 4.51. The molecule has 1 saturated carbocycles. The van der Waals surface area contributed by atoms with Crippen LogP contribution in [0.1, 0.15) is 49.6 Å². The minimum absolute atomic E-state index is 0.119. The van der Waals surface area contributed by atoms with Gasteiger partial charge >= 0.3 is 0 Å². The monoisotopic (exact) mass is 420 g/mol. The molecule has 0 amide bonds. The second-order valence-electron chi connectivity index (χ2n) is 8.78. The molecule has 1 aliphatic carbocycles. The molecule has 2 aromatic heterocycles. The molecule has 2 fully saturated rings. The zero-order valence-electron chi connectivity index (χ0n) is 18.1. The first-order chi connectivity index (χ1) is 15.2. The van der Waals surface area contributed by atoms with Crippen molar-refractivity contribution in [2.45, 2.75) is 45.3 Å². The summed E-state index contributed by atoms with van der Waals surface area (Å²) in [6.07, 6.45) is 9.12. The van der Waals surface area contributed by atoms with E-state index in [2.05, 4.69) is 18.1 Å². The Bertz CT molecular complexity index is 1120. The summed E-state index contributed by atoms with van der Waals surface area (Å²) in [5.74, 6) is 0.819. The fraction of sp³-hybridized carbons (Fsp3) is 0.500. The van der Waals surface area contributed by atoms with E-state index >= 15 is 0 Å². The Balaban J connectivity index is 1.65. The molecule has 7 heteroatoms. The highest BCUT2D eigenvalue weighted by atomic mass is 16.5. The number of fused-ring (bicyclic) bond motifs is 1. The smallest absolute Gasteiger partial charge is 0.172 e. The molecule has 2 aliphatic rings. The summed E-state index contributed by atoms with van der Waals surface area (Å²) < 4.78 is 21.7. The van der Waals surface area contributed by atoms with Crippen LogP contribution in [-0.4, -0.2) is 41.3 Å². The first kappa shape index (κ1) is 20.1. The van der Waals surface area contributed by atoms with Crippen molar-refractivity contribution in [1.29, 1.82) is 5.26 Å². The topological polar surface area (TPSA) is 74.2 Å². The maximum atomic E-state index is 9.89. The van der Waals surface area contributed by atoms with E-state index < -0.39 is 0 Å². The highest BCUT2D eigenvalue weighted by Crippen LogP contribution is 2.47. The van der Waals surface area contributed by atoms with Gasteiger partial charge in [0.2, 0.25) is 0 Å². The van der Waals surface area contributed by atoms with Gasteiger partial charge in [0, 0.05) is 43.2 Å². The Morgan fingerprint density at radius 3 is 2.71 bits per heavy atom. The number of nitriles is 1. The first-order valence-corrected chi connectivity index (χ1v) is 11.0. The van der Waals surface area contributed by atoms with E-state index in [-0.39, 0.29) is 11.6 Å². The van der Waals surface area contributed by atoms with Gasteiger partial charge in [-0.05, 0) is 51.2 Å². The number of rotatable bonds is 7. The standard InChI is InChI=1S/C24H28N4O3/c1-17-20(31-16-24(8-9-24)15-29-2)13-19-22(23(17)27-10-4-5-11-27)18(14-25)26-28(19)21-7-3-6-12-30-21/h4-5,10-11,13,21H,3,6-9,12,15-16H2,1-2H3. The molecule has 0 radical (unpaired) electrons. The third-order valence-corrected chi connectivity index (χ3v) is 6.52. The van der Waals surface area contributed by atoms with E-state index in [0.717, 1.165) is 60.0 Å². The second kappa shape index (κ2) is 8.03. The van der Waals surface area contributed by atoms with Crippen LogP contribution in [0.15, 0.2) is 30.6 Å². The molecular formula is C24H28N4O3. The maximum Gasteiger partial charge on any atom is 0.172 e. The second-order valence-corrected chi connectivity index (χ2v) is 8.78. The molecule has 0 spiro atoms. The number of aromatic nitrogens is 3. The molecule has 1 saturated heterocycles. The van der Waals surface area contributed by atoms with E-state index in [4.69, 9.17) is 14.2 Å². The van der Waals surface area contributed by atoms with Crippen molar-refractivity contribution in [3.05, 3.63) is 41.9 Å². The molecule has 162 valence electrons. The van der Waals surface area contributed by atoms with Crippen LogP contribution in [0.4, 0.5) is 0 Å². The van der Waals surface area contributed by atoms with E-state index in [1.165, 1.54) is 0 Å². The van der Waals surface area contributed by atoms with Crippen molar-refractivity contribution >= 4 is 10.9 Å². The summed E-state index contributed by atoms with van der Waals surface area (Å²) in [6.45, 7) is 4.10. The Labute approximate surface area is 182 Å². The predicted molar refractivity (Wildman–Crippen MR) is 116 cm³/mol. The van der Waals surface area contributed by atoms with Crippen LogP contribution in [0.2, 0.25) is 0 Å². The molecular weight excluding hydrogens is 392 g/mol.